The Morgan fingerprint density at radius 3 is 2.32 bits per heavy atom. The number of hydrogen-bond donors (Lipinski definition) is 0. The molecule has 0 saturated heterocycles. The quantitative estimate of drug-likeness (QED) is 0.778. The van der Waals surface area contributed by atoms with Crippen molar-refractivity contribution < 1.29 is 9.53 Å². The Kier molecular flexibility index (Phi) is 3.32. The third-order valence-corrected chi connectivity index (χ3v) is 3.54. The minimum atomic E-state index is -0.0716. The van der Waals surface area contributed by atoms with Crippen molar-refractivity contribution in [2.45, 2.75) is 18.9 Å². The predicted molar refractivity (Wildman–Crippen MR) is 73.5 cm³/mol. The molecule has 0 amide bonds. The first-order valence-corrected chi connectivity index (χ1v) is 6.60. The molecule has 0 heterocycles. The Labute approximate surface area is 113 Å². The summed E-state index contributed by atoms with van der Waals surface area (Å²) in [7, 11) is 0. The summed E-state index contributed by atoms with van der Waals surface area (Å²) in [6, 6.07) is 20.0. The van der Waals surface area contributed by atoms with Crippen LogP contribution in [0.3, 0.4) is 0 Å². The zero-order valence-corrected chi connectivity index (χ0v) is 10.7. The van der Waals surface area contributed by atoms with Gasteiger partial charge in [0.15, 0.2) is 0 Å². The van der Waals surface area contributed by atoms with Crippen LogP contribution in [0.4, 0.5) is 0 Å². The van der Waals surface area contributed by atoms with E-state index in [1.54, 1.807) is 0 Å². The minimum absolute atomic E-state index is 0.0473. The second-order valence-electron chi connectivity index (χ2n) is 4.95. The number of rotatable bonds is 4. The van der Waals surface area contributed by atoms with Gasteiger partial charge in [0, 0.05) is 0 Å². The molecule has 0 radical (unpaired) electrons. The molecule has 1 fully saturated rings. The summed E-state index contributed by atoms with van der Waals surface area (Å²) < 4.78 is 5.36. The Balaban J connectivity index is 1.53. The van der Waals surface area contributed by atoms with Gasteiger partial charge < -0.3 is 4.74 Å². The van der Waals surface area contributed by atoms with Crippen molar-refractivity contribution in [3.63, 3.8) is 0 Å². The van der Waals surface area contributed by atoms with E-state index < -0.39 is 0 Å². The number of carbonyl (C=O) groups is 1. The van der Waals surface area contributed by atoms with E-state index in [0.717, 1.165) is 12.0 Å². The molecular weight excluding hydrogens is 236 g/mol. The lowest BCUT2D eigenvalue weighted by Gasteiger charge is -2.04. The third kappa shape index (κ3) is 2.84. The molecule has 1 saturated carbocycles. The predicted octanol–water partition coefficient (Wildman–Crippen LogP) is 3.53. The number of esters is 1. The second kappa shape index (κ2) is 5.27. The van der Waals surface area contributed by atoms with Crippen molar-refractivity contribution in [3.05, 3.63) is 71.8 Å². The van der Waals surface area contributed by atoms with E-state index in [9.17, 15) is 4.79 Å². The number of ether oxygens (including phenoxy) is 1. The van der Waals surface area contributed by atoms with Crippen LogP contribution in [-0.4, -0.2) is 5.97 Å². The molecule has 1 aliphatic carbocycles. The van der Waals surface area contributed by atoms with Crippen molar-refractivity contribution in [3.8, 4) is 0 Å². The molecule has 2 heteroatoms. The van der Waals surface area contributed by atoms with E-state index >= 15 is 0 Å². The van der Waals surface area contributed by atoms with Crippen molar-refractivity contribution in [2.24, 2.45) is 5.92 Å². The minimum Gasteiger partial charge on any atom is -0.461 e. The molecule has 2 atom stereocenters. The standard InChI is InChI=1S/C17H16O2/c18-17(19-12-13-7-3-1-4-8-13)16-11-15(16)14-9-5-2-6-10-14/h1-10,15-16H,11-12H2. The highest BCUT2D eigenvalue weighted by Crippen LogP contribution is 2.48. The molecule has 3 rings (SSSR count). The van der Waals surface area contributed by atoms with Gasteiger partial charge in [-0.25, -0.2) is 0 Å². The van der Waals surface area contributed by atoms with Gasteiger partial charge in [-0.15, -0.1) is 0 Å². The highest BCUT2D eigenvalue weighted by Gasteiger charge is 2.45. The van der Waals surface area contributed by atoms with E-state index in [1.165, 1.54) is 5.56 Å². The fourth-order valence-electron chi connectivity index (χ4n) is 2.36. The normalized spacial score (nSPS) is 20.8. The molecule has 1 aliphatic rings. The summed E-state index contributed by atoms with van der Waals surface area (Å²) in [6.45, 7) is 0.373. The highest BCUT2D eigenvalue weighted by molar-refractivity contribution is 5.77. The van der Waals surface area contributed by atoms with Gasteiger partial charge in [0.1, 0.15) is 6.61 Å². The van der Waals surface area contributed by atoms with Crippen LogP contribution in [0.5, 0.6) is 0 Å². The Bertz CT molecular complexity index is 548. The van der Waals surface area contributed by atoms with Gasteiger partial charge in [-0.05, 0) is 23.5 Å². The first kappa shape index (κ1) is 12.0. The Hall–Kier alpha value is -2.09. The second-order valence-corrected chi connectivity index (χ2v) is 4.95. The maximum atomic E-state index is 11.9. The van der Waals surface area contributed by atoms with E-state index in [0.29, 0.717) is 12.5 Å². The van der Waals surface area contributed by atoms with Gasteiger partial charge in [-0.1, -0.05) is 60.7 Å². The summed E-state index contributed by atoms with van der Waals surface area (Å²) in [5.74, 6) is 0.327. The van der Waals surface area contributed by atoms with E-state index in [4.69, 9.17) is 4.74 Å². The van der Waals surface area contributed by atoms with Crippen LogP contribution >= 0.6 is 0 Å². The molecule has 0 spiro atoms. The van der Waals surface area contributed by atoms with Crippen LogP contribution in [0.25, 0.3) is 0 Å². The Morgan fingerprint density at radius 1 is 1.00 bits per heavy atom. The summed E-state index contributed by atoms with van der Waals surface area (Å²) in [6.07, 6.45) is 0.914. The summed E-state index contributed by atoms with van der Waals surface area (Å²) in [5.41, 5.74) is 2.27. The molecule has 0 aliphatic heterocycles. The molecule has 2 aromatic rings. The van der Waals surface area contributed by atoms with Gasteiger partial charge in [-0.2, -0.15) is 0 Å². The molecule has 0 aromatic heterocycles. The monoisotopic (exact) mass is 252 g/mol. The third-order valence-electron chi connectivity index (χ3n) is 3.54. The lowest BCUT2D eigenvalue weighted by atomic mass is 10.1. The first-order chi connectivity index (χ1) is 9.34. The maximum Gasteiger partial charge on any atom is 0.309 e. The first-order valence-electron chi connectivity index (χ1n) is 6.60. The van der Waals surface area contributed by atoms with Gasteiger partial charge in [0.05, 0.1) is 5.92 Å². The summed E-state index contributed by atoms with van der Waals surface area (Å²) in [5, 5.41) is 0. The molecule has 0 N–H and O–H groups in total. The van der Waals surface area contributed by atoms with Gasteiger partial charge in [0.2, 0.25) is 0 Å². The molecule has 2 aromatic carbocycles. The van der Waals surface area contributed by atoms with E-state index in [-0.39, 0.29) is 11.9 Å². The fourth-order valence-corrected chi connectivity index (χ4v) is 2.36. The molecule has 0 bridgehead atoms. The maximum absolute atomic E-state index is 11.9. The largest absolute Gasteiger partial charge is 0.461 e. The molecule has 96 valence electrons. The van der Waals surface area contributed by atoms with Crippen molar-refractivity contribution in [1.29, 1.82) is 0 Å². The SMILES string of the molecule is O=C(OCc1ccccc1)C1CC1c1ccccc1. The Morgan fingerprint density at radius 2 is 1.63 bits per heavy atom. The van der Waals surface area contributed by atoms with Crippen molar-refractivity contribution >= 4 is 5.97 Å². The zero-order chi connectivity index (χ0) is 13.1. The number of hydrogen-bond acceptors (Lipinski definition) is 2. The van der Waals surface area contributed by atoms with Gasteiger partial charge in [-0.3, -0.25) is 4.79 Å². The van der Waals surface area contributed by atoms with Crippen LogP contribution in [0.2, 0.25) is 0 Å². The van der Waals surface area contributed by atoms with Gasteiger partial charge in [0.25, 0.3) is 0 Å². The van der Waals surface area contributed by atoms with Crippen LogP contribution in [0.15, 0.2) is 60.7 Å². The number of benzene rings is 2. The lowest BCUT2D eigenvalue weighted by Crippen LogP contribution is -2.07. The van der Waals surface area contributed by atoms with Crippen LogP contribution in [0, 0.1) is 5.92 Å². The summed E-state index contributed by atoms with van der Waals surface area (Å²) >= 11 is 0. The van der Waals surface area contributed by atoms with Crippen molar-refractivity contribution in [2.75, 3.05) is 0 Å². The topological polar surface area (TPSA) is 26.3 Å². The number of carbonyl (C=O) groups excluding carboxylic acids is 1. The fraction of sp³-hybridized carbons (Fsp3) is 0.235. The molecule has 2 nitrogen and oxygen atoms in total. The van der Waals surface area contributed by atoms with E-state index in [1.807, 2.05) is 48.5 Å². The van der Waals surface area contributed by atoms with Gasteiger partial charge >= 0.3 is 5.97 Å². The molecule has 2 unspecified atom stereocenters. The van der Waals surface area contributed by atoms with Crippen LogP contribution in [0.1, 0.15) is 23.5 Å². The average Bonchev–Trinajstić information content (AvgIpc) is 3.27. The highest BCUT2D eigenvalue weighted by atomic mass is 16.5. The smallest absolute Gasteiger partial charge is 0.309 e. The van der Waals surface area contributed by atoms with Crippen LogP contribution in [-0.2, 0) is 16.1 Å². The van der Waals surface area contributed by atoms with E-state index in [2.05, 4.69) is 12.1 Å². The zero-order valence-electron chi connectivity index (χ0n) is 10.7. The summed E-state index contributed by atoms with van der Waals surface area (Å²) in [4.78, 5) is 11.9. The van der Waals surface area contributed by atoms with Crippen molar-refractivity contribution in [1.82, 2.24) is 0 Å². The average molecular weight is 252 g/mol. The lowest BCUT2D eigenvalue weighted by molar-refractivity contribution is -0.146. The van der Waals surface area contributed by atoms with Crippen LogP contribution < -0.4 is 0 Å². The molecular formula is C17H16O2. The molecule has 19 heavy (non-hydrogen) atoms.